The van der Waals surface area contributed by atoms with Crippen molar-refractivity contribution in [3.63, 3.8) is 0 Å². The van der Waals surface area contributed by atoms with Crippen LogP contribution in [0.1, 0.15) is 0 Å². The van der Waals surface area contributed by atoms with E-state index in [4.69, 9.17) is 4.74 Å². The first-order valence-electron chi connectivity index (χ1n) is 3.01. The van der Waals surface area contributed by atoms with E-state index in [9.17, 15) is 0 Å². The molecule has 0 radical (unpaired) electrons. The number of hydrogen-bond donors (Lipinski definition) is 2. The van der Waals surface area contributed by atoms with E-state index in [0.29, 0.717) is 12.6 Å². The van der Waals surface area contributed by atoms with Gasteiger partial charge in [-0.2, -0.15) is 5.10 Å². The second kappa shape index (κ2) is 3.84. The molecule has 0 aliphatic heterocycles. The highest BCUT2D eigenvalue weighted by Crippen LogP contribution is 1.89. The molecule has 0 spiro atoms. The molecule has 0 amide bonds. The molecule has 1 heterocycles. The second-order valence-corrected chi connectivity index (χ2v) is 1.75. The third-order valence-electron chi connectivity index (χ3n) is 1.01. The number of nitrogens with zero attached hydrogens (tertiary/aromatic N) is 2. The number of methoxy groups -OCH3 is 1. The Hall–Kier alpha value is -1.10. The van der Waals surface area contributed by atoms with E-state index in [2.05, 4.69) is 20.5 Å². The summed E-state index contributed by atoms with van der Waals surface area (Å²) in [6.07, 6.45) is 1.45. The van der Waals surface area contributed by atoms with Gasteiger partial charge < -0.3 is 10.1 Å². The molecule has 1 rings (SSSR count). The average Bonchev–Trinajstić information content (AvgIpc) is 2.41. The zero-order chi connectivity index (χ0) is 7.23. The lowest BCUT2D eigenvalue weighted by Gasteiger charge is -1.98. The van der Waals surface area contributed by atoms with Gasteiger partial charge >= 0.3 is 0 Å². The van der Waals surface area contributed by atoms with Gasteiger partial charge in [-0.3, -0.25) is 0 Å². The van der Waals surface area contributed by atoms with Gasteiger partial charge in [-0.25, -0.2) is 10.1 Å². The molecule has 5 heteroatoms. The van der Waals surface area contributed by atoms with Crippen LogP contribution in [-0.4, -0.2) is 35.4 Å². The normalized spacial score (nSPS) is 9.70. The minimum atomic E-state index is 0.667. The molecule has 2 N–H and O–H groups in total. The number of nitrogens with one attached hydrogen (secondary N) is 2. The Labute approximate surface area is 58.8 Å². The molecule has 0 fully saturated rings. The third kappa shape index (κ3) is 2.02. The predicted molar refractivity (Wildman–Crippen MR) is 36.7 cm³/mol. The summed E-state index contributed by atoms with van der Waals surface area (Å²) in [5.41, 5.74) is 0. The SMILES string of the molecule is COCCNc1ncn[nH]1. The van der Waals surface area contributed by atoms with E-state index in [1.54, 1.807) is 7.11 Å². The van der Waals surface area contributed by atoms with Crippen molar-refractivity contribution in [2.45, 2.75) is 0 Å². The molecule has 0 aliphatic carbocycles. The van der Waals surface area contributed by atoms with Gasteiger partial charge in [-0.1, -0.05) is 0 Å². The summed E-state index contributed by atoms with van der Waals surface area (Å²) in [4.78, 5) is 3.85. The molecule has 0 bridgehead atoms. The van der Waals surface area contributed by atoms with E-state index in [-0.39, 0.29) is 0 Å². The highest BCUT2D eigenvalue weighted by Gasteiger charge is 1.89. The average molecular weight is 142 g/mol. The van der Waals surface area contributed by atoms with Gasteiger partial charge in [-0.15, -0.1) is 0 Å². The second-order valence-electron chi connectivity index (χ2n) is 1.75. The molecule has 0 aliphatic rings. The van der Waals surface area contributed by atoms with Crippen molar-refractivity contribution in [3.8, 4) is 0 Å². The number of aromatic amines is 1. The molecule has 0 unspecified atom stereocenters. The first-order chi connectivity index (χ1) is 4.93. The first kappa shape index (κ1) is 7.01. The Kier molecular flexibility index (Phi) is 2.69. The van der Waals surface area contributed by atoms with Crippen LogP contribution in [0.25, 0.3) is 0 Å². The van der Waals surface area contributed by atoms with Crippen LogP contribution in [0.5, 0.6) is 0 Å². The van der Waals surface area contributed by atoms with Gasteiger partial charge in [0.05, 0.1) is 6.61 Å². The van der Waals surface area contributed by atoms with Crippen LogP contribution in [-0.2, 0) is 4.74 Å². The number of hydrogen-bond acceptors (Lipinski definition) is 4. The highest BCUT2D eigenvalue weighted by atomic mass is 16.5. The summed E-state index contributed by atoms with van der Waals surface area (Å²) < 4.78 is 4.82. The molecular formula is C5H10N4O. The van der Waals surface area contributed by atoms with Crippen LogP contribution < -0.4 is 5.32 Å². The Balaban J connectivity index is 2.15. The van der Waals surface area contributed by atoms with Crippen molar-refractivity contribution < 1.29 is 4.74 Å². The summed E-state index contributed by atoms with van der Waals surface area (Å²) in [5.74, 6) is 0.678. The van der Waals surface area contributed by atoms with E-state index < -0.39 is 0 Å². The lowest BCUT2D eigenvalue weighted by molar-refractivity contribution is 0.210. The largest absolute Gasteiger partial charge is 0.383 e. The maximum atomic E-state index is 4.82. The van der Waals surface area contributed by atoms with Gasteiger partial charge in [0.25, 0.3) is 0 Å². The van der Waals surface area contributed by atoms with Crippen molar-refractivity contribution in [2.24, 2.45) is 0 Å². The predicted octanol–water partition coefficient (Wildman–Crippen LogP) is -0.137. The van der Waals surface area contributed by atoms with Gasteiger partial charge in [0.1, 0.15) is 6.33 Å². The van der Waals surface area contributed by atoms with Crippen LogP contribution in [0.2, 0.25) is 0 Å². The zero-order valence-electron chi connectivity index (χ0n) is 5.79. The standard InChI is InChI=1S/C5H10N4O/c1-10-3-2-6-5-7-4-8-9-5/h4H,2-3H2,1H3,(H2,6,7,8,9). The number of rotatable bonds is 4. The van der Waals surface area contributed by atoms with E-state index in [1.807, 2.05) is 0 Å². The number of H-pyrrole nitrogens is 1. The van der Waals surface area contributed by atoms with Crippen molar-refractivity contribution in [1.82, 2.24) is 15.2 Å². The summed E-state index contributed by atoms with van der Waals surface area (Å²) in [7, 11) is 1.65. The zero-order valence-corrected chi connectivity index (χ0v) is 5.79. The van der Waals surface area contributed by atoms with Gasteiger partial charge in [-0.05, 0) is 0 Å². The van der Waals surface area contributed by atoms with Crippen LogP contribution in [0.15, 0.2) is 6.33 Å². The van der Waals surface area contributed by atoms with E-state index >= 15 is 0 Å². The summed E-state index contributed by atoms with van der Waals surface area (Å²) in [5, 5.41) is 9.30. The molecule has 0 aromatic carbocycles. The lowest BCUT2D eigenvalue weighted by Crippen LogP contribution is -2.08. The van der Waals surface area contributed by atoms with Crippen LogP contribution in [0.3, 0.4) is 0 Å². The highest BCUT2D eigenvalue weighted by molar-refractivity contribution is 5.19. The molecule has 5 nitrogen and oxygen atoms in total. The van der Waals surface area contributed by atoms with E-state index in [1.165, 1.54) is 6.33 Å². The lowest BCUT2D eigenvalue weighted by atomic mass is 10.7. The van der Waals surface area contributed by atoms with Crippen LogP contribution in [0.4, 0.5) is 5.95 Å². The molecule has 10 heavy (non-hydrogen) atoms. The number of ether oxygens (including phenoxy) is 1. The fraction of sp³-hybridized carbons (Fsp3) is 0.600. The van der Waals surface area contributed by atoms with Gasteiger partial charge in [0.15, 0.2) is 0 Å². The van der Waals surface area contributed by atoms with Crippen molar-refractivity contribution in [1.29, 1.82) is 0 Å². The maximum Gasteiger partial charge on any atom is 0.218 e. The smallest absolute Gasteiger partial charge is 0.218 e. The Morgan fingerprint density at radius 1 is 1.80 bits per heavy atom. The Morgan fingerprint density at radius 2 is 2.70 bits per heavy atom. The monoisotopic (exact) mass is 142 g/mol. The first-order valence-corrected chi connectivity index (χ1v) is 3.01. The summed E-state index contributed by atoms with van der Waals surface area (Å²) >= 11 is 0. The van der Waals surface area contributed by atoms with Crippen LogP contribution in [0, 0.1) is 0 Å². The van der Waals surface area contributed by atoms with Gasteiger partial charge in [0.2, 0.25) is 5.95 Å². The van der Waals surface area contributed by atoms with Gasteiger partial charge in [0, 0.05) is 13.7 Å². The molecule has 56 valence electrons. The topological polar surface area (TPSA) is 62.8 Å². The molecule has 0 atom stereocenters. The van der Waals surface area contributed by atoms with Crippen molar-refractivity contribution in [3.05, 3.63) is 6.33 Å². The quantitative estimate of drug-likeness (QED) is 0.574. The Bertz CT molecular complexity index is 162. The van der Waals surface area contributed by atoms with Crippen molar-refractivity contribution >= 4 is 5.95 Å². The molecule has 0 saturated carbocycles. The summed E-state index contributed by atoms with van der Waals surface area (Å²) in [6.45, 7) is 1.41. The summed E-state index contributed by atoms with van der Waals surface area (Å²) in [6, 6.07) is 0. The fourth-order valence-electron chi connectivity index (χ4n) is 0.562. The molecule has 1 aromatic heterocycles. The Morgan fingerprint density at radius 3 is 3.30 bits per heavy atom. The van der Waals surface area contributed by atoms with Crippen LogP contribution >= 0.6 is 0 Å². The molecule has 0 saturated heterocycles. The minimum Gasteiger partial charge on any atom is -0.383 e. The third-order valence-corrected chi connectivity index (χ3v) is 1.01. The van der Waals surface area contributed by atoms with E-state index in [0.717, 1.165) is 6.54 Å². The maximum absolute atomic E-state index is 4.82. The minimum absolute atomic E-state index is 0.667. The van der Waals surface area contributed by atoms with Crippen molar-refractivity contribution in [2.75, 3.05) is 25.6 Å². The molecule has 1 aromatic rings. The molecular weight excluding hydrogens is 132 g/mol. The fourth-order valence-corrected chi connectivity index (χ4v) is 0.562. The number of aromatic nitrogens is 3. The number of anilines is 1.